The number of benzene rings is 1. The van der Waals surface area contributed by atoms with Gasteiger partial charge in [0, 0.05) is 11.1 Å². The van der Waals surface area contributed by atoms with Crippen molar-refractivity contribution in [3.63, 3.8) is 0 Å². The fourth-order valence-electron chi connectivity index (χ4n) is 6.10. The fraction of sp³-hybridized carbons (Fsp3) is 0.565. The number of carbonyl (C=O) groups excluding carboxylic acids is 1. The van der Waals surface area contributed by atoms with E-state index in [-0.39, 0.29) is 16.2 Å². The number of hydrogen-bond donors (Lipinski definition) is 2. The topological polar surface area (TPSA) is 102 Å². The van der Waals surface area contributed by atoms with Gasteiger partial charge in [0.25, 0.3) is 10.0 Å². The number of urea groups is 1. The molecule has 2 aromatic rings. The monoisotopic (exact) mass is 456 g/mol. The molecule has 2 N–H and O–H groups in total. The van der Waals surface area contributed by atoms with Crippen molar-refractivity contribution in [1.82, 2.24) is 14.5 Å². The van der Waals surface area contributed by atoms with Crippen molar-refractivity contribution < 1.29 is 17.9 Å². The van der Waals surface area contributed by atoms with Gasteiger partial charge in [0.2, 0.25) is 5.88 Å². The van der Waals surface area contributed by atoms with Crippen LogP contribution in [-0.2, 0) is 42.3 Å². The van der Waals surface area contributed by atoms with Crippen molar-refractivity contribution in [1.29, 1.82) is 0 Å². The lowest BCUT2D eigenvalue weighted by Crippen LogP contribution is -2.37. The zero-order valence-electron chi connectivity index (χ0n) is 18.1. The predicted molar refractivity (Wildman–Crippen MR) is 118 cm³/mol. The Kier molecular flexibility index (Phi) is 4.54. The molecular formula is C23H28N4O4S. The Morgan fingerprint density at radius 3 is 2.41 bits per heavy atom. The van der Waals surface area contributed by atoms with Gasteiger partial charge >= 0.3 is 6.03 Å². The van der Waals surface area contributed by atoms with Gasteiger partial charge in [-0.25, -0.2) is 22.6 Å². The lowest BCUT2D eigenvalue weighted by molar-refractivity contribution is 0.0717. The number of anilines is 1. The van der Waals surface area contributed by atoms with Crippen LogP contribution < -0.4 is 14.8 Å². The minimum atomic E-state index is -4.11. The molecule has 1 saturated carbocycles. The first-order chi connectivity index (χ1) is 15.4. The van der Waals surface area contributed by atoms with E-state index in [1.54, 1.807) is 4.68 Å². The van der Waals surface area contributed by atoms with Crippen LogP contribution in [0.1, 0.15) is 60.8 Å². The van der Waals surface area contributed by atoms with Gasteiger partial charge in [-0.05, 0) is 73.6 Å². The molecule has 1 spiro atoms. The first-order valence-electron chi connectivity index (χ1n) is 11.6. The van der Waals surface area contributed by atoms with Gasteiger partial charge in [-0.1, -0.05) is 18.9 Å². The number of hydrogen-bond acceptors (Lipinski definition) is 5. The summed E-state index contributed by atoms with van der Waals surface area (Å²) in [6.07, 6.45) is 11.7. The van der Waals surface area contributed by atoms with Crippen LogP contribution in [0, 0.1) is 5.41 Å². The van der Waals surface area contributed by atoms with Gasteiger partial charge in [0.15, 0.2) is 4.90 Å². The number of nitrogens with zero attached hydrogens (tertiary/aromatic N) is 2. The summed E-state index contributed by atoms with van der Waals surface area (Å²) in [7, 11) is -4.11. The lowest BCUT2D eigenvalue weighted by Gasteiger charge is -2.33. The Bertz CT molecular complexity index is 1180. The molecule has 1 fully saturated rings. The summed E-state index contributed by atoms with van der Waals surface area (Å²) in [6, 6.07) is 1.54. The third-order valence-electron chi connectivity index (χ3n) is 7.65. The molecule has 2 amide bonds. The fourth-order valence-corrected chi connectivity index (χ4v) is 7.08. The molecule has 2 heterocycles. The first kappa shape index (κ1) is 20.1. The summed E-state index contributed by atoms with van der Waals surface area (Å²) >= 11 is 0. The number of sulfonamides is 1. The molecule has 32 heavy (non-hydrogen) atoms. The first-order valence-corrected chi connectivity index (χ1v) is 13.1. The van der Waals surface area contributed by atoms with E-state index in [0.717, 1.165) is 68.2 Å². The van der Waals surface area contributed by atoms with E-state index in [1.807, 2.05) is 0 Å². The van der Waals surface area contributed by atoms with E-state index in [2.05, 4.69) is 21.2 Å². The Hall–Kier alpha value is -2.55. The molecule has 4 aliphatic rings. The number of amides is 2. The van der Waals surface area contributed by atoms with Crippen LogP contribution in [0.5, 0.6) is 5.88 Å². The molecule has 9 heteroatoms. The summed E-state index contributed by atoms with van der Waals surface area (Å²) in [5.74, 6) is 0.226. The number of aromatic nitrogens is 2. The van der Waals surface area contributed by atoms with Gasteiger partial charge in [-0.2, -0.15) is 5.10 Å². The minimum absolute atomic E-state index is 0.0545. The predicted octanol–water partition coefficient (Wildman–Crippen LogP) is 3.32. The Balaban J connectivity index is 1.23. The molecule has 0 atom stereocenters. The standard InChI is InChI=1S/C23H28N4O4S/c28-22(25-20-17-7-3-5-15(17)11-16-6-4-8-18(16)20)26-32(29,30)19-12-24-27-13-23(9-1-2-10-23)14-31-21(19)27/h11-12H,1-10,13-14H2,(H2,25,26,28). The van der Waals surface area contributed by atoms with Crippen molar-refractivity contribution in [3.05, 3.63) is 34.5 Å². The molecule has 0 radical (unpaired) electrons. The highest BCUT2D eigenvalue weighted by atomic mass is 32.2. The smallest absolute Gasteiger partial charge is 0.333 e. The van der Waals surface area contributed by atoms with E-state index in [1.165, 1.54) is 30.2 Å². The third-order valence-corrected chi connectivity index (χ3v) is 8.97. The van der Waals surface area contributed by atoms with Crippen LogP contribution in [0.25, 0.3) is 0 Å². The number of rotatable bonds is 3. The number of ether oxygens (including phenoxy) is 1. The van der Waals surface area contributed by atoms with Crippen LogP contribution in [0.4, 0.5) is 10.5 Å². The number of carbonyl (C=O) groups is 1. The summed E-state index contributed by atoms with van der Waals surface area (Å²) in [5, 5.41) is 7.15. The molecule has 3 aliphatic carbocycles. The Morgan fingerprint density at radius 2 is 1.72 bits per heavy atom. The van der Waals surface area contributed by atoms with E-state index < -0.39 is 16.1 Å². The quantitative estimate of drug-likeness (QED) is 0.738. The van der Waals surface area contributed by atoms with Crippen LogP contribution in [-0.4, -0.2) is 30.8 Å². The maximum absolute atomic E-state index is 13.0. The van der Waals surface area contributed by atoms with Gasteiger partial charge in [-0.15, -0.1) is 0 Å². The molecule has 1 aromatic heterocycles. The SMILES string of the molecule is O=C(Nc1c2c(cc3c1CCC3)CCC2)NS(=O)(=O)c1cnn2c1OCC1(CCCC1)C2. The van der Waals surface area contributed by atoms with E-state index in [4.69, 9.17) is 4.74 Å². The molecule has 0 bridgehead atoms. The summed E-state index contributed by atoms with van der Waals surface area (Å²) in [6.45, 7) is 1.15. The van der Waals surface area contributed by atoms with Crippen molar-refractivity contribution in [2.45, 2.75) is 75.6 Å². The Morgan fingerprint density at radius 1 is 1.03 bits per heavy atom. The van der Waals surface area contributed by atoms with Crippen molar-refractivity contribution in [2.75, 3.05) is 11.9 Å². The van der Waals surface area contributed by atoms with Gasteiger partial charge in [0.1, 0.15) is 0 Å². The highest BCUT2D eigenvalue weighted by molar-refractivity contribution is 7.90. The second kappa shape index (κ2) is 7.23. The summed E-state index contributed by atoms with van der Waals surface area (Å²) in [5.41, 5.74) is 5.75. The van der Waals surface area contributed by atoms with Gasteiger partial charge < -0.3 is 10.1 Å². The van der Waals surface area contributed by atoms with Crippen molar-refractivity contribution >= 4 is 21.7 Å². The summed E-state index contributed by atoms with van der Waals surface area (Å²) in [4.78, 5) is 12.7. The second-order valence-electron chi connectivity index (χ2n) is 9.76. The van der Waals surface area contributed by atoms with Crippen LogP contribution >= 0.6 is 0 Å². The maximum Gasteiger partial charge on any atom is 0.333 e. The molecule has 1 aromatic carbocycles. The van der Waals surface area contributed by atoms with Gasteiger partial charge in [-0.3, -0.25) is 0 Å². The minimum Gasteiger partial charge on any atom is -0.476 e. The van der Waals surface area contributed by atoms with Crippen molar-refractivity contribution in [3.8, 4) is 5.88 Å². The second-order valence-corrected chi connectivity index (χ2v) is 11.4. The average molecular weight is 457 g/mol. The number of aryl methyl sites for hydroxylation is 2. The van der Waals surface area contributed by atoms with Gasteiger partial charge in [0.05, 0.1) is 19.3 Å². The third kappa shape index (κ3) is 3.20. The highest BCUT2D eigenvalue weighted by Gasteiger charge is 2.41. The van der Waals surface area contributed by atoms with Crippen LogP contribution in [0.3, 0.4) is 0 Å². The molecule has 0 saturated heterocycles. The zero-order valence-corrected chi connectivity index (χ0v) is 18.9. The van der Waals surface area contributed by atoms with E-state index >= 15 is 0 Å². The molecule has 0 unspecified atom stereocenters. The van der Waals surface area contributed by atoms with Crippen LogP contribution in [0.15, 0.2) is 17.2 Å². The average Bonchev–Trinajstić information content (AvgIpc) is 3.54. The number of fused-ring (bicyclic) bond motifs is 3. The molecule has 170 valence electrons. The maximum atomic E-state index is 13.0. The largest absolute Gasteiger partial charge is 0.476 e. The van der Waals surface area contributed by atoms with E-state index in [0.29, 0.717) is 13.2 Å². The Labute approximate surface area is 187 Å². The normalized spacial score (nSPS) is 20.5. The molecule has 6 rings (SSSR count). The van der Waals surface area contributed by atoms with E-state index in [9.17, 15) is 13.2 Å². The zero-order chi connectivity index (χ0) is 21.9. The lowest BCUT2D eigenvalue weighted by atomic mass is 9.86. The number of nitrogens with one attached hydrogen (secondary N) is 2. The molecular weight excluding hydrogens is 428 g/mol. The molecule has 8 nitrogen and oxygen atoms in total. The highest BCUT2D eigenvalue weighted by Crippen LogP contribution is 2.44. The molecule has 1 aliphatic heterocycles. The summed E-state index contributed by atoms with van der Waals surface area (Å²) < 4.78 is 35.8. The van der Waals surface area contributed by atoms with Crippen LogP contribution in [0.2, 0.25) is 0 Å². The van der Waals surface area contributed by atoms with Crippen molar-refractivity contribution in [2.24, 2.45) is 5.41 Å².